The van der Waals surface area contributed by atoms with Crippen molar-refractivity contribution in [3.63, 3.8) is 0 Å². The summed E-state index contributed by atoms with van der Waals surface area (Å²) in [6.45, 7) is 4.94. The topological polar surface area (TPSA) is 50.4 Å². The molecule has 1 aromatic carbocycles. The molecule has 1 unspecified atom stereocenters. The average Bonchev–Trinajstić information content (AvgIpc) is 2.36. The number of carbonyl (C=O) groups is 1. The molecule has 0 aliphatic heterocycles. The Kier molecular flexibility index (Phi) is 5.49. The first-order valence-corrected chi connectivity index (χ1v) is 5.84. The smallest absolute Gasteiger partial charge is 0.237 e. The van der Waals surface area contributed by atoms with Crippen LogP contribution in [-0.2, 0) is 11.3 Å². The molecule has 4 nitrogen and oxygen atoms in total. The number of nitrogens with one attached hydrogen (secondary N) is 2. The fourth-order valence-corrected chi connectivity index (χ4v) is 1.39. The third-order valence-corrected chi connectivity index (χ3v) is 2.50. The van der Waals surface area contributed by atoms with Crippen LogP contribution in [0.4, 0.5) is 0 Å². The van der Waals surface area contributed by atoms with Gasteiger partial charge in [-0.05, 0) is 38.6 Å². The summed E-state index contributed by atoms with van der Waals surface area (Å²) in [5.74, 6) is 0.829. The van der Waals surface area contributed by atoms with Crippen molar-refractivity contribution in [3.8, 4) is 5.75 Å². The number of ether oxygens (including phenoxy) is 1. The maximum absolute atomic E-state index is 11.6. The highest BCUT2D eigenvalue weighted by molar-refractivity contribution is 5.81. The molecule has 0 fully saturated rings. The van der Waals surface area contributed by atoms with Gasteiger partial charge in [-0.25, -0.2) is 0 Å². The average molecular weight is 236 g/mol. The second kappa shape index (κ2) is 6.91. The van der Waals surface area contributed by atoms with Gasteiger partial charge < -0.3 is 15.4 Å². The first kappa shape index (κ1) is 13.5. The molecule has 4 heteroatoms. The van der Waals surface area contributed by atoms with Gasteiger partial charge in [0.1, 0.15) is 5.75 Å². The van der Waals surface area contributed by atoms with Crippen molar-refractivity contribution in [3.05, 3.63) is 29.8 Å². The fourth-order valence-electron chi connectivity index (χ4n) is 1.39. The normalized spacial score (nSPS) is 11.9. The highest BCUT2D eigenvalue weighted by atomic mass is 16.5. The van der Waals surface area contributed by atoms with E-state index in [1.54, 1.807) is 7.05 Å². The zero-order chi connectivity index (χ0) is 12.7. The molecular weight excluding hydrogens is 216 g/mol. The van der Waals surface area contributed by atoms with Crippen LogP contribution in [0.3, 0.4) is 0 Å². The van der Waals surface area contributed by atoms with Crippen LogP contribution in [0.5, 0.6) is 5.75 Å². The lowest BCUT2D eigenvalue weighted by atomic mass is 10.2. The molecule has 1 aromatic rings. The molecule has 0 radical (unpaired) electrons. The van der Waals surface area contributed by atoms with E-state index in [1.165, 1.54) is 0 Å². The third-order valence-electron chi connectivity index (χ3n) is 2.50. The van der Waals surface area contributed by atoms with Crippen LogP contribution < -0.4 is 15.4 Å². The second-order valence-electron chi connectivity index (χ2n) is 3.81. The van der Waals surface area contributed by atoms with Crippen LogP contribution in [0.25, 0.3) is 0 Å². The van der Waals surface area contributed by atoms with Crippen LogP contribution in [-0.4, -0.2) is 25.6 Å². The lowest BCUT2D eigenvalue weighted by molar-refractivity contribution is -0.122. The van der Waals surface area contributed by atoms with Crippen LogP contribution in [0, 0.1) is 0 Å². The molecule has 1 rings (SSSR count). The predicted octanol–water partition coefficient (Wildman–Crippen LogP) is 1.31. The van der Waals surface area contributed by atoms with E-state index in [9.17, 15) is 4.79 Å². The molecule has 0 aliphatic carbocycles. The van der Waals surface area contributed by atoms with Crippen molar-refractivity contribution in [2.75, 3.05) is 13.7 Å². The Morgan fingerprint density at radius 1 is 1.47 bits per heavy atom. The van der Waals surface area contributed by atoms with Crippen LogP contribution >= 0.6 is 0 Å². The van der Waals surface area contributed by atoms with E-state index < -0.39 is 0 Å². The van der Waals surface area contributed by atoms with Crippen LogP contribution in [0.2, 0.25) is 0 Å². The van der Waals surface area contributed by atoms with Gasteiger partial charge in [-0.3, -0.25) is 4.79 Å². The zero-order valence-corrected chi connectivity index (χ0v) is 10.6. The van der Waals surface area contributed by atoms with Gasteiger partial charge in [-0.15, -0.1) is 0 Å². The summed E-state index contributed by atoms with van der Waals surface area (Å²) >= 11 is 0. The van der Waals surface area contributed by atoms with E-state index in [-0.39, 0.29) is 11.9 Å². The van der Waals surface area contributed by atoms with Gasteiger partial charge in [0.15, 0.2) is 0 Å². The molecule has 0 saturated carbocycles. The molecule has 1 amide bonds. The molecule has 1 atom stereocenters. The number of rotatable bonds is 6. The quantitative estimate of drug-likeness (QED) is 0.783. The molecule has 0 aliphatic rings. The summed E-state index contributed by atoms with van der Waals surface area (Å²) in [6.07, 6.45) is 0. The minimum atomic E-state index is -0.176. The van der Waals surface area contributed by atoms with E-state index in [0.717, 1.165) is 11.3 Å². The van der Waals surface area contributed by atoms with Crippen molar-refractivity contribution < 1.29 is 9.53 Å². The van der Waals surface area contributed by atoms with Gasteiger partial charge >= 0.3 is 0 Å². The van der Waals surface area contributed by atoms with Crippen LogP contribution in [0.15, 0.2) is 24.3 Å². The van der Waals surface area contributed by atoms with Crippen molar-refractivity contribution in [1.29, 1.82) is 0 Å². The van der Waals surface area contributed by atoms with Gasteiger partial charge in [0.05, 0.1) is 12.6 Å². The van der Waals surface area contributed by atoms with Crippen molar-refractivity contribution >= 4 is 5.91 Å². The molecule has 0 spiro atoms. The molecule has 2 N–H and O–H groups in total. The molecule has 0 aromatic heterocycles. The minimum absolute atomic E-state index is 0.00527. The lowest BCUT2D eigenvalue weighted by Crippen LogP contribution is -2.39. The van der Waals surface area contributed by atoms with E-state index in [0.29, 0.717) is 13.2 Å². The molecule has 0 bridgehead atoms. The SMILES string of the molecule is CCOc1cccc(CNC(=O)C(C)NC)c1. The van der Waals surface area contributed by atoms with E-state index in [2.05, 4.69) is 10.6 Å². The summed E-state index contributed by atoms with van der Waals surface area (Å²) in [7, 11) is 1.76. The fraction of sp³-hybridized carbons (Fsp3) is 0.462. The Balaban J connectivity index is 2.51. The van der Waals surface area contributed by atoms with E-state index in [4.69, 9.17) is 4.74 Å². The highest BCUT2D eigenvalue weighted by Crippen LogP contribution is 2.12. The van der Waals surface area contributed by atoms with Crippen molar-refractivity contribution in [2.24, 2.45) is 0 Å². The Bertz CT molecular complexity index is 366. The Morgan fingerprint density at radius 2 is 2.24 bits per heavy atom. The molecule has 0 saturated heterocycles. The van der Waals surface area contributed by atoms with Gasteiger partial charge in [-0.2, -0.15) is 0 Å². The van der Waals surface area contributed by atoms with Gasteiger partial charge in [-0.1, -0.05) is 12.1 Å². The lowest BCUT2D eigenvalue weighted by Gasteiger charge is -2.11. The molecule has 0 heterocycles. The number of benzene rings is 1. The van der Waals surface area contributed by atoms with E-state index in [1.807, 2.05) is 38.1 Å². The first-order chi connectivity index (χ1) is 8.17. The summed E-state index contributed by atoms with van der Waals surface area (Å²) in [4.78, 5) is 11.6. The summed E-state index contributed by atoms with van der Waals surface area (Å²) < 4.78 is 5.40. The first-order valence-electron chi connectivity index (χ1n) is 5.84. The van der Waals surface area contributed by atoms with Crippen molar-refractivity contribution in [1.82, 2.24) is 10.6 Å². The summed E-state index contributed by atoms with van der Waals surface area (Å²) in [5, 5.41) is 5.76. The molecule has 94 valence electrons. The summed E-state index contributed by atoms with van der Waals surface area (Å²) in [5.41, 5.74) is 1.03. The zero-order valence-electron chi connectivity index (χ0n) is 10.6. The predicted molar refractivity (Wildman–Crippen MR) is 68.0 cm³/mol. The Morgan fingerprint density at radius 3 is 2.88 bits per heavy atom. The van der Waals surface area contributed by atoms with Crippen molar-refractivity contribution in [2.45, 2.75) is 26.4 Å². The monoisotopic (exact) mass is 236 g/mol. The van der Waals surface area contributed by atoms with Crippen LogP contribution in [0.1, 0.15) is 19.4 Å². The van der Waals surface area contributed by atoms with Gasteiger partial charge in [0, 0.05) is 6.54 Å². The summed E-state index contributed by atoms with van der Waals surface area (Å²) in [6, 6.07) is 7.56. The number of hydrogen-bond donors (Lipinski definition) is 2. The molecule has 17 heavy (non-hydrogen) atoms. The maximum atomic E-state index is 11.6. The van der Waals surface area contributed by atoms with Gasteiger partial charge in [0.2, 0.25) is 5.91 Å². The highest BCUT2D eigenvalue weighted by Gasteiger charge is 2.09. The minimum Gasteiger partial charge on any atom is -0.494 e. The Hall–Kier alpha value is -1.55. The maximum Gasteiger partial charge on any atom is 0.237 e. The van der Waals surface area contributed by atoms with Gasteiger partial charge in [0.25, 0.3) is 0 Å². The molecular formula is C13H20N2O2. The largest absolute Gasteiger partial charge is 0.494 e. The number of hydrogen-bond acceptors (Lipinski definition) is 3. The Labute approximate surface area is 102 Å². The third kappa shape index (κ3) is 4.44. The van der Waals surface area contributed by atoms with E-state index >= 15 is 0 Å². The second-order valence-corrected chi connectivity index (χ2v) is 3.81. The number of amides is 1. The number of carbonyl (C=O) groups excluding carboxylic acids is 1. The number of likely N-dealkylation sites (N-methyl/N-ethyl adjacent to an activating group) is 1. The standard InChI is InChI=1S/C13H20N2O2/c1-4-17-12-7-5-6-11(8-12)9-15-13(16)10(2)14-3/h5-8,10,14H,4,9H2,1-3H3,(H,15,16).